The van der Waals surface area contributed by atoms with Crippen molar-refractivity contribution in [2.75, 3.05) is 6.61 Å². The van der Waals surface area contributed by atoms with Gasteiger partial charge in [0.1, 0.15) is 0 Å². The summed E-state index contributed by atoms with van der Waals surface area (Å²) in [4.78, 5) is 11.7. The molecule has 1 N–H and O–H groups in total. The van der Waals surface area contributed by atoms with Gasteiger partial charge in [0.15, 0.2) is 5.69 Å². The van der Waals surface area contributed by atoms with Crippen LogP contribution in [-0.2, 0) is 11.2 Å². The van der Waals surface area contributed by atoms with E-state index in [4.69, 9.17) is 4.74 Å². The summed E-state index contributed by atoms with van der Waals surface area (Å²) < 4.78 is 5.00. The first-order valence-corrected chi connectivity index (χ1v) is 6.13. The van der Waals surface area contributed by atoms with Gasteiger partial charge in [-0.3, -0.25) is 5.10 Å². The highest BCUT2D eigenvalue weighted by Crippen LogP contribution is 2.62. The minimum atomic E-state index is -0.299. The number of allylic oxidation sites excluding steroid dienone is 1. The minimum absolute atomic E-state index is 0.299. The van der Waals surface area contributed by atoms with Crippen molar-refractivity contribution in [1.29, 1.82) is 0 Å². The van der Waals surface area contributed by atoms with Crippen molar-refractivity contribution in [2.45, 2.75) is 25.7 Å². The zero-order valence-corrected chi connectivity index (χ0v) is 9.90. The van der Waals surface area contributed by atoms with E-state index in [2.05, 4.69) is 16.8 Å². The Morgan fingerprint density at radius 1 is 1.71 bits per heavy atom. The maximum absolute atomic E-state index is 11.7. The maximum atomic E-state index is 11.7. The number of H-pyrrole nitrogens is 1. The molecular weight excluding hydrogens is 216 g/mol. The van der Waals surface area contributed by atoms with Crippen LogP contribution in [0.25, 0.3) is 0 Å². The number of rotatable bonds is 4. The van der Waals surface area contributed by atoms with Crippen LogP contribution in [0.1, 0.15) is 41.0 Å². The normalized spacial score (nSPS) is 28.4. The molecule has 1 fully saturated rings. The lowest BCUT2D eigenvalue weighted by molar-refractivity contribution is 0.0518. The van der Waals surface area contributed by atoms with Crippen LogP contribution in [0.2, 0.25) is 0 Å². The molecule has 4 nitrogen and oxygen atoms in total. The molecule has 4 heteroatoms. The highest BCUT2D eigenvalue weighted by atomic mass is 16.5. The molecule has 0 bridgehead atoms. The van der Waals surface area contributed by atoms with Gasteiger partial charge in [0.25, 0.3) is 0 Å². The Hall–Kier alpha value is -1.58. The van der Waals surface area contributed by atoms with Crippen molar-refractivity contribution in [3.63, 3.8) is 0 Å². The number of carbonyl (C=O) groups excluding carboxylic acids is 1. The van der Waals surface area contributed by atoms with Crippen molar-refractivity contribution in [3.8, 4) is 0 Å². The first kappa shape index (κ1) is 10.6. The molecule has 1 saturated carbocycles. The van der Waals surface area contributed by atoms with E-state index in [9.17, 15) is 4.79 Å². The summed E-state index contributed by atoms with van der Waals surface area (Å²) in [6.45, 7) is 5.99. The second-order valence-electron chi connectivity index (χ2n) is 4.77. The molecular formula is C13H16N2O2. The smallest absolute Gasteiger partial charge is 0.359 e. The molecule has 0 spiro atoms. The van der Waals surface area contributed by atoms with Gasteiger partial charge in [-0.25, -0.2) is 4.79 Å². The van der Waals surface area contributed by atoms with Crippen LogP contribution in [0.4, 0.5) is 0 Å². The number of esters is 1. The molecule has 2 aliphatic rings. The number of fused-ring (bicyclic) bond motifs is 3. The van der Waals surface area contributed by atoms with E-state index in [1.165, 1.54) is 0 Å². The zero-order valence-electron chi connectivity index (χ0n) is 9.90. The number of ether oxygens (including phenoxy) is 1. The highest BCUT2D eigenvalue weighted by molar-refractivity contribution is 5.89. The number of carbonyl (C=O) groups is 1. The molecule has 0 saturated heterocycles. The average molecular weight is 232 g/mol. The van der Waals surface area contributed by atoms with Crippen molar-refractivity contribution >= 4 is 5.97 Å². The van der Waals surface area contributed by atoms with Crippen molar-refractivity contribution in [2.24, 2.45) is 11.8 Å². The third-order valence-electron chi connectivity index (χ3n) is 3.91. The predicted molar refractivity (Wildman–Crippen MR) is 62.8 cm³/mol. The fourth-order valence-corrected chi connectivity index (χ4v) is 3.13. The van der Waals surface area contributed by atoms with Gasteiger partial charge in [-0.2, -0.15) is 5.10 Å². The Balaban J connectivity index is 1.82. The monoisotopic (exact) mass is 232 g/mol. The second-order valence-corrected chi connectivity index (χ2v) is 4.77. The number of aromatic amines is 1. The topological polar surface area (TPSA) is 55.0 Å². The summed E-state index contributed by atoms with van der Waals surface area (Å²) in [6, 6.07) is 0. The van der Waals surface area contributed by atoms with Gasteiger partial charge in [-0.1, -0.05) is 6.08 Å². The van der Waals surface area contributed by atoms with Crippen LogP contribution < -0.4 is 0 Å². The van der Waals surface area contributed by atoms with Crippen LogP contribution in [0, 0.1) is 11.8 Å². The summed E-state index contributed by atoms with van der Waals surface area (Å²) in [5.74, 6) is 1.66. The lowest BCUT2D eigenvalue weighted by Gasteiger charge is -2.02. The maximum Gasteiger partial charge on any atom is 0.359 e. The summed E-state index contributed by atoms with van der Waals surface area (Å²) in [5, 5.41) is 7.12. The first-order valence-electron chi connectivity index (χ1n) is 6.13. The Morgan fingerprint density at radius 3 is 3.24 bits per heavy atom. The van der Waals surface area contributed by atoms with Gasteiger partial charge in [0.05, 0.1) is 6.61 Å². The molecule has 17 heavy (non-hydrogen) atoms. The third kappa shape index (κ3) is 1.43. The van der Waals surface area contributed by atoms with E-state index in [1.807, 2.05) is 13.0 Å². The summed E-state index contributed by atoms with van der Waals surface area (Å²) >= 11 is 0. The van der Waals surface area contributed by atoms with Crippen LogP contribution >= 0.6 is 0 Å². The van der Waals surface area contributed by atoms with Crippen molar-refractivity contribution in [3.05, 3.63) is 29.6 Å². The van der Waals surface area contributed by atoms with Gasteiger partial charge in [-0.15, -0.1) is 6.58 Å². The Labute approximate surface area is 100 Å². The first-order chi connectivity index (χ1) is 8.27. The van der Waals surface area contributed by atoms with Crippen molar-refractivity contribution in [1.82, 2.24) is 10.2 Å². The van der Waals surface area contributed by atoms with E-state index in [0.29, 0.717) is 30.1 Å². The van der Waals surface area contributed by atoms with Gasteiger partial charge in [-0.05, 0) is 31.6 Å². The van der Waals surface area contributed by atoms with E-state index in [-0.39, 0.29) is 5.97 Å². The molecule has 0 aromatic carbocycles. The van der Waals surface area contributed by atoms with Crippen LogP contribution in [0.5, 0.6) is 0 Å². The van der Waals surface area contributed by atoms with E-state index < -0.39 is 0 Å². The summed E-state index contributed by atoms with van der Waals surface area (Å²) in [5.41, 5.74) is 2.73. The van der Waals surface area contributed by atoms with Gasteiger partial charge in [0.2, 0.25) is 0 Å². The van der Waals surface area contributed by atoms with E-state index in [0.717, 1.165) is 24.1 Å². The molecule has 1 aromatic rings. The molecule has 2 aliphatic carbocycles. The Kier molecular flexibility index (Phi) is 2.31. The molecule has 0 unspecified atom stereocenters. The standard InChI is InChI=1S/C13H16N2O2/c1-3-5-7-8-6-9-11(10(7)8)14-15-12(9)13(16)17-4-2/h3,7-8,10H,1,4-6H2,2H3,(H,14,15)/t7-,8-,10+/m0/s1. The zero-order chi connectivity index (χ0) is 12.0. The predicted octanol–water partition coefficient (Wildman–Crippen LogP) is 2.05. The minimum Gasteiger partial charge on any atom is -0.461 e. The number of hydrogen-bond acceptors (Lipinski definition) is 3. The lowest BCUT2D eigenvalue weighted by Crippen LogP contribution is -2.08. The summed E-state index contributed by atoms with van der Waals surface area (Å²) in [7, 11) is 0. The Morgan fingerprint density at radius 2 is 2.53 bits per heavy atom. The summed E-state index contributed by atoms with van der Waals surface area (Å²) in [6.07, 6.45) is 4.00. The fraction of sp³-hybridized carbons (Fsp3) is 0.538. The number of hydrogen-bond donors (Lipinski definition) is 1. The molecule has 0 radical (unpaired) electrons. The molecule has 0 amide bonds. The Bertz CT molecular complexity index is 478. The number of nitrogens with one attached hydrogen (secondary N) is 1. The number of aromatic nitrogens is 2. The van der Waals surface area contributed by atoms with Gasteiger partial charge in [0, 0.05) is 17.2 Å². The van der Waals surface area contributed by atoms with Crippen LogP contribution in [0.15, 0.2) is 12.7 Å². The third-order valence-corrected chi connectivity index (χ3v) is 3.91. The molecule has 1 aromatic heterocycles. The fourth-order valence-electron chi connectivity index (χ4n) is 3.13. The van der Waals surface area contributed by atoms with Crippen LogP contribution in [0.3, 0.4) is 0 Å². The molecule has 0 aliphatic heterocycles. The van der Waals surface area contributed by atoms with E-state index in [1.54, 1.807) is 0 Å². The molecule has 1 heterocycles. The largest absolute Gasteiger partial charge is 0.461 e. The molecule has 3 rings (SSSR count). The quantitative estimate of drug-likeness (QED) is 0.638. The average Bonchev–Trinajstić information content (AvgIpc) is 2.70. The highest BCUT2D eigenvalue weighted by Gasteiger charge is 2.57. The van der Waals surface area contributed by atoms with Gasteiger partial charge < -0.3 is 4.74 Å². The molecule has 3 atom stereocenters. The lowest BCUT2D eigenvalue weighted by atomic mass is 10.0. The van der Waals surface area contributed by atoms with Crippen molar-refractivity contribution < 1.29 is 9.53 Å². The van der Waals surface area contributed by atoms with Crippen LogP contribution in [-0.4, -0.2) is 22.8 Å². The van der Waals surface area contributed by atoms with E-state index >= 15 is 0 Å². The van der Waals surface area contributed by atoms with Gasteiger partial charge >= 0.3 is 5.97 Å². The number of nitrogens with zero attached hydrogens (tertiary/aromatic N) is 1. The second kappa shape index (κ2) is 3.72. The SMILES string of the molecule is C=CC[C@H]1[C@@H]2Cc3c(C(=O)OCC)n[nH]c3[C@H]12. The molecule has 90 valence electrons.